The van der Waals surface area contributed by atoms with Crippen molar-refractivity contribution >= 4 is 22.6 Å². The van der Waals surface area contributed by atoms with Gasteiger partial charge in [-0.1, -0.05) is 26.0 Å². The van der Waals surface area contributed by atoms with E-state index in [1.165, 1.54) is 25.8 Å². The maximum atomic E-state index is 13.4. The molecule has 0 aliphatic rings. The van der Waals surface area contributed by atoms with E-state index in [1.807, 2.05) is 20.8 Å². The molecule has 0 fully saturated rings. The first-order chi connectivity index (χ1) is 15.8. The average molecular weight is 452 g/mol. The van der Waals surface area contributed by atoms with E-state index in [1.54, 1.807) is 30.3 Å². The fourth-order valence-electron chi connectivity index (χ4n) is 3.76. The molecule has 0 bridgehead atoms. The predicted octanol–water partition coefficient (Wildman–Crippen LogP) is 2.94. The van der Waals surface area contributed by atoms with Crippen LogP contribution in [0.15, 0.2) is 52.1 Å². The summed E-state index contributed by atoms with van der Waals surface area (Å²) < 4.78 is 17.4. The van der Waals surface area contributed by atoms with E-state index in [4.69, 9.17) is 0 Å². The van der Waals surface area contributed by atoms with Crippen molar-refractivity contribution < 1.29 is 9.18 Å². The second-order valence-electron chi connectivity index (χ2n) is 8.17. The van der Waals surface area contributed by atoms with Crippen LogP contribution >= 0.6 is 0 Å². The summed E-state index contributed by atoms with van der Waals surface area (Å²) in [6.45, 7) is 6.33. The van der Waals surface area contributed by atoms with Gasteiger partial charge in [0.15, 0.2) is 0 Å². The molecular formula is C24H26FN5O3. The fourth-order valence-corrected chi connectivity index (χ4v) is 3.76. The van der Waals surface area contributed by atoms with Crippen molar-refractivity contribution in [3.05, 3.63) is 80.2 Å². The highest BCUT2D eigenvalue weighted by Gasteiger charge is 2.19. The van der Waals surface area contributed by atoms with Crippen LogP contribution in [0.4, 0.5) is 4.39 Å². The Morgan fingerprint density at radius 2 is 1.85 bits per heavy atom. The van der Waals surface area contributed by atoms with Gasteiger partial charge in [-0.2, -0.15) is 0 Å². The first-order valence-corrected chi connectivity index (χ1v) is 11.1. The minimum absolute atomic E-state index is 0.00745. The number of aromatic nitrogens is 4. The van der Waals surface area contributed by atoms with Gasteiger partial charge in [0.1, 0.15) is 5.82 Å². The molecule has 8 nitrogen and oxygen atoms in total. The summed E-state index contributed by atoms with van der Waals surface area (Å²) in [4.78, 5) is 39.2. The third-order valence-corrected chi connectivity index (χ3v) is 5.72. The molecule has 4 aromatic rings. The van der Waals surface area contributed by atoms with E-state index < -0.39 is 5.69 Å². The molecule has 1 N–H and O–H groups in total. The Labute approximate surface area is 189 Å². The van der Waals surface area contributed by atoms with Gasteiger partial charge >= 0.3 is 5.69 Å². The number of fused-ring (bicyclic) bond motifs is 3. The monoisotopic (exact) mass is 451 g/mol. The van der Waals surface area contributed by atoms with Gasteiger partial charge in [0.25, 0.3) is 11.5 Å². The Morgan fingerprint density at radius 3 is 2.52 bits per heavy atom. The number of halogens is 1. The second kappa shape index (κ2) is 9.01. The molecule has 0 saturated carbocycles. The maximum Gasteiger partial charge on any atom is 0.352 e. The zero-order valence-electron chi connectivity index (χ0n) is 18.8. The Balaban J connectivity index is 1.93. The van der Waals surface area contributed by atoms with Crippen LogP contribution < -0.4 is 16.6 Å². The molecule has 0 aliphatic heterocycles. The Hall–Kier alpha value is -3.75. The van der Waals surface area contributed by atoms with Crippen molar-refractivity contribution in [2.45, 2.75) is 52.7 Å². The molecule has 4 rings (SSSR count). The number of nitrogens with one attached hydrogen (secondary N) is 1. The standard InChI is InChI=1S/C24H26FN5O3/c1-4-12-28-22(32)19-11-8-17(21(31)26-15(3)5-2)13-20(19)30-23(28)27-29(24(30)33)14-16-6-9-18(25)10-7-16/h6-11,13,15H,4-5,12,14H2,1-3H3,(H,26,31). The van der Waals surface area contributed by atoms with E-state index in [9.17, 15) is 18.8 Å². The van der Waals surface area contributed by atoms with Gasteiger partial charge in [-0.25, -0.2) is 18.3 Å². The highest BCUT2D eigenvalue weighted by Crippen LogP contribution is 2.15. The van der Waals surface area contributed by atoms with E-state index in [2.05, 4.69) is 10.4 Å². The van der Waals surface area contributed by atoms with Crippen molar-refractivity contribution in [1.82, 2.24) is 24.1 Å². The number of hydrogen-bond donors (Lipinski definition) is 1. The largest absolute Gasteiger partial charge is 0.352 e. The van der Waals surface area contributed by atoms with Crippen LogP contribution in [-0.4, -0.2) is 30.7 Å². The van der Waals surface area contributed by atoms with Crippen molar-refractivity contribution in [3.63, 3.8) is 0 Å². The van der Waals surface area contributed by atoms with E-state index in [-0.39, 0.29) is 35.6 Å². The lowest BCUT2D eigenvalue weighted by atomic mass is 10.1. The van der Waals surface area contributed by atoms with Crippen LogP contribution in [0.25, 0.3) is 16.7 Å². The molecular weight excluding hydrogens is 425 g/mol. The van der Waals surface area contributed by atoms with Gasteiger partial charge in [-0.15, -0.1) is 5.10 Å². The topological polar surface area (TPSA) is 90.4 Å². The van der Waals surface area contributed by atoms with Gasteiger partial charge in [0, 0.05) is 18.2 Å². The van der Waals surface area contributed by atoms with E-state index in [0.717, 1.165) is 6.42 Å². The highest BCUT2D eigenvalue weighted by molar-refractivity contribution is 5.98. The number of carbonyl (C=O) groups is 1. The Bertz CT molecular complexity index is 1450. The third kappa shape index (κ3) is 4.18. The zero-order chi connectivity index (χ0) is 23.7. The van der Waals surface area contributed by atoms with Crippen molar-refractivity contribution in [1.29, 1.82) is 0 Å². The highest BCUT2D eigenvalue weighted by atomic mass is 19.1. The molecule has 9 heteroatoms. The van der Waals surface area contributed by atoms with Crippen LogP contribution in [0.2, 0.25) is 0 Å². The Morgan fingerprint density at radius 1 is 1.12 bits per heavy atom. The molecule has 1 atom stereocenters. The first kappa shape index (κ1) is 22.4. The van der Waals surface area contributed by atoms with Gasteiger partial charge in [0.05, 0.1) is 17.4 Å². The number of benzene rings is 2. The molecule has 2 aromatic carbocycles. The van der Waals surface area contributed by atoms with Gasteiger partial charge < -0.3 is 5.32 Å². The lowest BCUT2D eigenvalue weighted by Crippen LogP contribution is -2.32. The van der Waals surface area contributed by atoms with Crippen LogP contribution in [-0.2, 0) is 13.1 Å². The Kier molecular flexibility index (Phi) is 6.13. The van der Waals surface area contributed by atoms with Crippen molar-refractivity contribution in [2.75, 3.05) is 0 Å². The molecule has 0 saturated heterocycles. The van der Waals surface area contributed by atoms with Gasteiger partial charge in [-0.05, 0) is 55.7 Å². The van der Waals surface area contributed by atoms with Crippen molar-refractivity contribution in [3.8, 4) is 0 Å². The second-order valence-corrected chi connectivity index (χ2v) is 8.17. The molecule has 1 amide bonds. The molecule has 172 valence electrons. The van der Waals surface area contributed by atoms with E-state index >= 15 is 0 Å². The molecule has 0 spiro atoms. The molecule has 0 aliphatic carbocycles. The number of rotatable bonds is 7. The third-order valence-electron chi connectivity index (χ3n) is 5.72. The summed E-state index contributed by atoms with van der Waals surface area (Å²) in [6.07, 6.45) is 1.45. The summed E-state index contributed by atoms with van der Waals surface area (Å²) in [7, 11) is 0. The SMILES string of the molecule is CCCn1c(=O)c2ccc(C(=O)NC(C)CC)cc2n2c(=O)n(Cc3ccc(F)cc3)nc12. The number of aryl methyl sites for hydroxylation is 1. The number of hydrogen-bond acceptors (Lipinski definition) is 4. The maximum absolute atomic E-state index is 13.4. The lowest BCUT2D eigenvalue weighted by molar-refractivity contribution is 0.0939. The van der Waals surface area contributed by atoms with Crippen LogP contribution in [0.3, 0.4) is 0 Å². The predicted molar refractivity (Wildman–Crippen MR) is 124 cm³/mol. The smallest absolute Gasteiger partial charge is 0.350 e. The normalized spacial score (nSPS) is 12.4. The molecule has 1 unspecified atom stereocenters. The van der Waals surface area contributed by atoms with E-state index in [0.29, 0.717) is 35.0 Å². The lowest BCUT2D eigenvalue weighted by Gasteiger charge is -2.13. The summed E-state index contributed by atoms with van der Waals surface area (Å²) in [5, 5.41) is 7.67. The number of carbonyl (C=O) groups excluding carboxylic acids is 1. The molecule has 0 radical (unpaired) electrons. The average Bonchev–Trinajstić information content (AvgIpc) is 3.13. The minimum Gasteiger partial charge on any atom is -0.350 e. The fraction of sp³-hybridized carbons (Fsp3) is 0.333. The summed E-state index contributed by atoms with van der Waals surface area (Å²) >= 11 is 0. The summed E-state index contributed by atoms with van der Waals surface area (Å²) in [6, 6.07) is 10.5. The van der Waals surface area contributed by atoms with Gasteiger partial charge in [-0.3, -0.25) is 14.2 Å². The van der Waals surface area contributed by atoms with Crippen LogP contribution in [0, 0.1) is 5.82 Å². The zero-order valence-corrected chi connectivity index (χ0v) is 18.8. The summed E-state index contributed by atoms with van der Waals surface area (Å²) in [5.74, 6) is -0.433. The van der Waals surface area contributed by atoms with Gasteiger partial charge in [0.2, 0.25) is 5.78 Å². The minimum atomic E-state index is -0.441. The molecule has 2 aromatic heterocycles. The summed E-state index contributed by atoms with van der Waals surface area (Å²) in [5.41, 5.74) is 0.671. The van der Waals surface area contributed by atoms with Crippen LogP contribution in [0.5, 0.6) is 0 Å². The van der Waals surface area contributed by atoms with Crippen molar-refractivity contribution in [2.24, 2.45) is 0 Å². The van der Waals surface area contributed by atoms with Crippen LogP contribution in [0.1, 0.15) is 49.5 Å². The molecule has 2 heterocycles. The first-order valence-electron chi connectivity index (χ1n) is 11.1. The number of amides is 1. The quantitative estimate of drug-likeness (QED) is 0.468. The number of nitrogens with zero attached hydrogens (tertiary/aromatic N) is 4. The molecule has 33 heavy (non-hydrogen) atoms.